The van der Waals surface area contributed by atoms with Gasteiger partial charge in [0.2, 0.25) is 0 Å². The topological polar surface area (TPSA) is 55.1 Å². The number of phenolic OH excluding ortho intramolecular Hbond substituents is 1. The summed E-state index contributed by atoms with van der Waals surface area (Å²) < 4.78 is 1.64. The van der Waals surface area contributed by atoms with Gasteiger partial charge in [-0.2, -0.15) is 0 Å². The van der Waals surface area contributed by atoms with Crippen LogP contribution in [0.1, 0.15) is 19.9 Å². The van der Waals surface area contributed by atoms with E-state index in [1.54, 1.807) is 35.2 Å². The van der Waals surface area contributed by atoms with E-state index >= 15 is 0 Å². The van der Waals surface area contributed by atoms with Crippen LogP contribution >= 0.6 is 11.8 Å². The molecule has 0 aliphatic rings. The van der Waals surface area contributed by atoms with E-state index in [0.29, 0.717) is 5.03 Å². The lowest BCUT2D eigenvalue weighted by Crippen LogP contribution is -2.23. The molecule has 5 heteroatoms. The van der Waals surface area contributed by atoms with Crippen LogP contribution in [0, 0.1) is 0 Å². The highest BCUT2D eigenvalue weighted by molar-refractivity contribution is 7.99. The van der Waals surface area contributed by atoms with Gasteiger partial charge >= 0.3 is 0 Å². The third-order valence-electron chi connectivity index (χ3n) is 2.43. The Bertz CT molecular complexity index is 608. The third-order valence-corrected chi connectivity index (χ3v) is 3.39. The highest BCUT2D eigenvalue weighted by Crippen LogP contribution is 2.26. The number of benzene rings is 1. The lowest BCUT2D eigenvalue weighted by molar-refractivity contribution is 0.474. The maximum atomic E-state index is 12.1. The molecule has 0 fully saturated rings. The van der Waals surface area contributed by atoms with Crippen molar-refractivity contribution in [1.29, 1.82) is 0 Å². The molecule has 94 valence electrons. The van der Waals surface area contributed by atoms with Gasteiger partial charge in [-0.3, -0.25) is 4.79 Å². The predicted molar refractivity (Wildman–Crippen MR) is 71.1 cm³/mol. The van der Waals surface area contributed by atoms with Gasteiger partial charge in [0.25, 0.3) is 5.56 Å². The van der Waals surface area contributed by atoms with Crippen LogP contribution in [-0.4, -0.2) is 14.7 Å². The molecule has 0 spiro atoms. The fourth-order valence-electron chi connectivity index (χ4n) is 1.54. The smallest absolute Gasteiger partial charge is 0.283 e. The molecule has 0 radical (unpaired) electrons. The summed E-state index contributed by atoms with van der Waals surface area (Å²) in [6.07, 6.45) is 3.30. The molecule has 1 aromatic heterocycles. The highest BCUT2D eigenvalue weighted by atomic mass is 32.2. The summed E-state index contributed by atoms with van der Waals surface area (Å²) in [5, 5.41) is 9.80. The van der Waals surface area contributed by atoms with Gasteiger partial charge in [-0.15, -0.1) is 0 Å². The molecule has 0 saturated carbocycles. The van der Waals surface area contributed by atoms with Gasteiger partial charge in [-0.25, -0.2) is 4.98 Å². The van der Waals surface area contributed by atoms with E-state index in [2.05, 4.69) is 4.98 Å². The van der Waals surface area contributed by atoms with E-state index in [0.717, 1.165) is 4.90 Å². The van der Waals surface area contributed by atoms with Gasteiger partial charge < -0.3 is 9.67 Å². The Kier molecular flexibility index (Phi) is 3.72. The number of aromatic nitrogens is 2. The largest absolute Gasteiger partial charge is 0.508 e. The Labute approximate surface area is 109 Å². The number of rotatable bonds is 3. The molecule has 0 saturated heterocycles. The SMILES string of the molecule is CC(C)n1ccnc(Sc2cccc(O)c2)c1=O. The molecule has 0 atom stereocenters. The van der Waals surface area contributed by atoms with Gasteiger partial charge in [-0.1, -0.05) is 17.8 Å². The summed E-state index contributed by atoms with van der Waals surface area (Å²) >= 11 is 1.26. The van der Waals surface area contributed by atoms with Crippen molar-refractivity contribution >= 4 is 11.8 Å². The first-order valence-electron chi connectivity index (χ1n) is 5.62. The van der Waals surface area contributed by atoms with Gasteiger partial charge in [-0.05, 0) is 32.0 Å². The molecule has 0 unspecified atom stereocenters. The Morgan fingerprint density at radius 1 is 1.39 bits per heavy atom. The van der Waals surface area contributed by atoms with Crippen LogP contribution in [-0.2, 0) is 0 Å². The minimum Gasteiger partial charge on any atom is -0.508 e. The summed E-state index contributed by atoms with van der Waals surface area (Å²) in [6, 6.07) is 6.87. The van der Waals surface area contributed by atoms with Crippen LogP contribution in [0.3, 0.4) is 0 Å². The molecule has 0 aliphatic carbocycles. The number of aromatic hydroxyl groups is 1. The van der Waals surface area contributed by atoms with E-state index < -0.39 is 0 Å². The van der Waals surface area contributed by atoms with Crippen LogP contribution in [0.5, 0.6) is 5.75 Å². The minimum absolute atomic E-state index is 0.101. The maximum Gasteiger partial charge on any atom is 0.283 e. The van der Waals surface area contributed by atoms with Crippen molar-refractivity contribution in [3.8, 4) is 5.75 Å². The van der Waals surface area contributed by atoms with Crippen LogP contribution in [0.15, 0.2) is 51.4 Å². The zero-order chi connectivity index (χ0) is 13.1. The first-order valence-corrected chi connectivity index (χ1v) is 6.43. The second-order valence-corrected chi connectivity index (χ2v) is 5.20. The van der Waals surface area contributed by atoms with Gasteiger partial charge in [0.1, 0.15) is 5.75 Å². The summed E-state index contributed by atoms with van der Waals surface area (Å²) in [6.45, 7) is 3.90. The van der Waals surface area contributed by atoms with Crippen LogP contribution in [0.25, 0.3) is 0 Å². The lowest BCUT2D eigenvalue weighted by atomic mass is 10.3. The first kappa shape index (κ1) is 12.7. The Morgan fingerprint density at radius 2 is 2.17 bits per heavy atom. The average molecular weight is 262 g/mol. The zero-order valence-electron chi connectivity index (χ0n) is 10.2. The van der Waals surface area contributed by atoms with E-state index in [1.165, 1.54) is 11.8 Å². The second-order valence-electron chi connectivity index (χ2n) is 4.14. The fraction of sp³-hybridized carbons (Fsp3) is 0.231. The average Bonchev–Trinajstić information content (AvgIpc) is 2.31. The zero-order valence-corrected chi connectivity index (χ0v) is 11.0. The predicted octanol–water partition coefficient (Wildman–Crippen LogP) is 2.68. The van der Waals surface area contributed by atoms with E-state index in [1.807, 2.05) is 19.9 Å². The van der Waals surface area contributed by atoms with E-state index in [-0.39, 0.29) is 17.4 Å². The van der Waals surface area contributed by atoms with E-state index in [9.17, 15) is 9.90 Å². The number of nitrogens with zero attached hydrogens (tertiary/aromatic N) is 2. The summed E-state index contributed by atoms with van der Waals surface area (Å²) in [7, 11) is 0. The standard InChI is InChI=1S/C13H14N2O2S/c1-9(2)15-7-6-14-12(13(15)17)18-11-5-3-4-10(16)8-11/h3-9,16H,1-2H3. The summed E-state index contributed by atoms with van der Waals surface area (Å²) in [5.74, 6) is 0.181. The second kappa shape index (κ2) is 5.27. The molecule has 0 amide bonds. The molecule has 2 rings (SSSR count). The summed E-state index contributed by atoms with van der Waals surface area (Å²) in [4.78, 5) is 17.0. The lowest BCUT2D eigenvalue weighted by Gasteiger charge is -2.10. The molecule has 0 bridgehead atoms. The van der Waals surface area contributed by atoms with Crippen molar-refractivity contribution in [2.24, 2.45) is 0 Å². The highest BCUT2D eigenvalue weighted by Gasteiger charge is 2.09. The van der Waals surface area contributed by atoms with Gasteiger partial charge in [0.15, 0.2) is 5.03 Å². The van der Waals surface area contributed by atoms with Crippen LogP contribution < -0.4 is 5.56 Å². The maximum absolute atomic E-state index is 12.1. The van der Waals surface area contributed by atoms with Crippen molar-refractivity contribution < 1.29 is 5.11 Å². The fourth-order valence-corrected chi connectivity index (χ4v) is 2.40. The van der Waals surface area contributed by atoms with Crippen molar-refractivity contribution in [1.82, 2.24) is 9.55 Å². The minimum atomic E-state index is -0.110. The Hall–Kier alpha value is -1.75. The molecule has 1 aromatic carbocycles. The van der Waals surface area contributed by atoms with Crippen LogP contribution in [0.2, 0.25) is 0 Å². The number of hydrogen-bond acceptors (Lipinski definition) is 4. The quantitative estimate of drug-likeness (QED) is 0.924. The Morgan fingerprint density at radius 3 is 2.83 bits per heavy atom. The van der Waals surface area contributed by atoms with Crippen molar-refractivity contribution in [2.75, 3.05) is 0 Å². The van der Waals surface area contributed by atoms with Crippen molar-refractivity contribution in [2.45, 2.75) is 29.8 Å². The van der Waals surface area contributed by atoms with Crippen molar-refractivity contribution in [3.05, 3.63) is 47.0 Å². The monoisotopic (exact) mass is 262 g/mol. The Balaban J connectivity index is 2.36. The molecule has 18 heavy (non-hydrogen) atoms. The molecule has 4 nitrogen and oxygen atoms in total. The van der Waals surface area contributed by atoms with Gasteiger partial charge in [0, 0.05) is 23.3 Å². The molecular formula is C13H14N2O2S. The first-order chi connectivity index (χ1) is 8.58. The van der Waals surface area contributed by atoms with Gasteiger partial charge in [0.05, 0.1) is 0 Å². The van der Waals surface area contributed by atoms with Crippen molar-refractivity contribution in [3.63, 3.8) is 0 Å². The molecule has 1 N–H and O–H groups in total. The van der Waals surface area contributed by atoms with E-state index in [4.69, 9.17) is 0 Å². The summed E-state index contributed by atoms with van der Waals surface area (Å²) in [5.41, 5.74) is -0.110. The third kappa shape index (κ3) is 2.73. The normalized spacial score (nSPS) is 10.8. The number of phenols is 1. The molecule has 0 aliphatic heterocycles. The molecule has 2 aromatic rings. The molecular weight excluding hydrogens is 248 g/mol. The number of hydrogen-bond donors (Lipinski definition) is 1. The molecule has 1 heterocycles. The van der Waals surface area contributed by atoms with Crippen LogP contribution in [0.4, 0.5) is 0 Å².